The summed E-state index contributed by atoms with van der Waals surface area (Å²) in [5.74, 6) is 0.594. The van der Waals surface area contributed by atoms with Crippen LogP contribution in [0, 0.1) is 5.92 Å². The first-order valence-corrected chi connectivity index (χ1v) is 12.5. The number of nitrogens with two attached hydrogens (primary N) is 1. The Balaban J connectivity index is 1.98. The van der Waals surface area contributed by atoms with Crippen LogP contribution in [0.3, 0.4) is 0 Å². The van der Waals surface area contributed by atoms with Crippen LogP contribution in [0.1, 0.15) is 64.0 Å². The molecule has 0 aliphatic rings. The number of ether oxygens (including phenoxy) is 1. The molecule has 2 aromatic carbocycles. The summed E-state index contributed by atoms with van der Waals surface area (Å²) in [7, 11) is 0. The average molecular weight is 468 g/mol. The Hall–Kier alpha value is -2.86. The normalized spacial score (nSPS) is 12.7. The Morgan fingerprint density at radius 1 is 0.912 bits per heavy atom. The molecule has 0 fully saturated rings. The van der Waals surface area contributed by atoms with Crippen molar-refractivity contribution in [3.05, 3.63) is 65.7 Å². The van der Waals surface area contributed by atoms with Gasteiger partial charge < -0.3 is 21.1 Å². The zero-order valence-corrected chi connectivity index (χ0v) is 20.9. The monoisotopic (exact) mass is 467 g/mol. The molecule has 6 heteroatoms. The summed E-state index contributed by atoms with van der Waals surface area (Å²) in [4.78, 5) is 25.5. The van der Waals surface area contributed by atoms with Crippen molar-refractivity contribution in [3.8, 4) is 5.75 Å². The molecule has 0 spiro atoms. The summed E-state index contributed by atoms with van der Waals surface area (Å²) in [5.41, 5.74) is 8.10. The van der Waals surface area contributed by atoms with Crippen LogP contribution < -0.4 is 21.1 Å². The average Bonchev–Trinajstić information content (AvgIpc) is 2.83. The van der Waals surface area contributed by atoms with E-state index in [1.165, 1.54) is 0 Å². The van der Waals surface area contributed by atoms with Crippen molar-refractivity contribution in [1.82, 2.24) is 10.6 Å². The largest absolute Gasteiger partial charge is 0.489 e. The summed E-state index contributed by atoms with van der Waals surface area (Å²) in [5, 5.41) is 5.85. The Morgan fingerprint density at radius 3 is 2.26 bits per heavy atom. The maximum absolute atomic E-state index is 12.9. The van der Waals surface area contributed by atoms with Crippen molar-refractivity contribution < 1.29 is 14.3 Å². The molecule has 2 rings (SSSR count). The van der Waals surface area contributed by atoms with Crippen molar-refractivity contribution >= 4 is 11.8 Å². The lowest BCUT2D eigenvalue weighted by molar-refractivity contribution is -0.129. The Labute approximate surface area is 204 Å². The fourth-order valence-electron chi connectivity index (χ4n) is 3.69. The Kier molecular flexibility index (Phi) is 12.2. The predicted molar refractivity (Wildman–Crippen MR) is 137 cm³/mol. The molecule has 6 nitrogen and oxygen atoms in total. The maximum atomic E-state index is 12.9. The molecule has 0 bridgehead atoms. The quantitative estimate of drug-likeness (QED) is 0.339. The van der Waals surface area contributed by atoms with Gasteiger partial charge in [0, 0.05) is 13.0 Å². The topological polar surface area (TPSA) is 93.5 Å². The number of hydrogen-bond donors (Lipinski definition) is 3. The van der Waals surface area contributed by atoms with Gasteiger partial charge >= 0.3 is 0 Å². The molecular weight excluding hydrogens is 426 g/mol. The van der Waals surface area contributed by atoms with Crippen LogP contribution in [0.25, 0.3) is 0 Å². The third-order valence-electron chi connectivity index (χ3n) is 5.64. The molecule has 0 saturated heterocycles. The van der Waals surface area contributed by atoms with Crippen LogP contribution in [0.15, 0.2) is 54.6 Å². The second-order valence-electron chi connectivity index (χ2n) is 9.27. The van der Waals surface area contributed by atoms with Crippen molar-refractivity contribution in [2.75, 3.05) is 6.54 Å². The summed E-state index contributed by atoms with van der Waals surface area (Å²) in [6.07, 6.45) is 5.27. The fourth-order valence-corrected chi connectivity index (χ4v) is 3.69. The molecule has 186 valence electrons. The van der Waals surface area contributed by atoms with E-state index in [0.29, 0.717) is 31.9 Å². The van der Waals surface area contributed by atoms with Gasteiger partial charge in [-0.1, -0.05) is 82.5 Å². The first-order valence-electron chi connectivity index (χ1n) is 12.5. The lowest BCUT2D eigenvalue weighted by Crippen LogP contribution is -2.52. The molecule has 2 amide bonds. The molecule has 0 aliphatic heterocycles. The van der Waals surface area contributed by atoms with Crippen LogP contribution in [-0.4, -0.2) is 30.4 Å². The lowest BCUT2D eigenvalue weighted by atomic mass is 10.0. The number of carbonyl (C=O) groups excluding carboxylic acids is 2. The fraction of sp³-hybridized carbons (Fsp3) is 0.500. The number of nitrogens with one attached hydrogen (secondary N) is 2. The van der Waals surface area contributed by atoms with Gasteiger partial charge in [-0.05, 0) is 42.0 Å². The van der Waals surface area contributed by atoms with Gasteiger partial charge in [-0.25, -0.2) is 0 Å². The van der Waals surface area contributed by atoms with E-state index >= 15 is 0 Å². The minimum atomic E-state index is -0.673. The second kappa shape index (κ2) is 15.1. The van der Waals surface area contributed by atoms with E-state index in [1.54, 1.807) is 0 Å². The number of carbonyl (C=O) groups is 2. The number of amides is 2. The molecule has 0 radical (unpaired) electrons. The highest BCUT2D eigenvalue weighted by atomic mass is 16.5. The minimum absolute atomic E-state index is 0.175. The zero-order valence-electron chi connectivity index (χ0n) is 20.9. The van der Waals surface area contributed by atoms with E-state index in [9.17, 15) is 9.59 Å². The van der Waals surface area contributed by atoms with Crippen LogP contribution in [0.5, 0.6) is 5.75 Å². The molecule has 0 aliphatic carbocycles. The number of rotatable bonds is 15. The van der Waals surface area contributed by atoms with Gasteiger partial charge in [-0.3, -0.25) is 9.59 Å². The molecule has 4 N–H and O–H groups in total. The Morgan fingerprint density at radius 2 is 1.62 bits per heavy atom. The molecule has 34 heavy (non-hydrogen) atoms. The number of benzene rings is 2. The van der Waals surface area contributed by atoms with E-state index < -0.39 is 12.1 Å². The number of hydrogen-bond acceptors (Lipinski definition) is 4. The van der Waals surface area contributed by atoms with Crippen molar-refractivity contribution in [2.45, 2.75) is 78.0 Å². The van der Waals surface area contributed by atoms with Gasteiger partial charge in [0.1, 0.15) is 18.4 Å². The second-order valence-corrected chi connectivity index (χ2v) is 9.27. The minimum Gasteiger partial charge on any atom is -0.489 e. The third-order valence-corrected chi connectivity index (χ3v) is 5.64. The van der Waals surface area contributed by atoms with Crippen molar-refractivity contribution in [3.63, 3.8) is 0 Å². The number of unbranched alkanes of at least 4 members (excludes halogenated alkanes) is 3. The van der Waals surface area contributed by atoms with Gasteiger partial charge in [0.25, 0.3) is 0 Å². The van der Waals surface area contributed by atoms with Gasteiger partial charge in [-0.2, -0.15) is 0 Å². The SMILES string of the molecule is CCCCCCNC(=O)C(Cc1ccc(OCc2ccccc2)cc1)NC(=O)C(N)CC(C)C. The van der Waals surface area contributed by atoms with Crippen LogP contribution in [0.4, 0.5) is 0 Å². The molecule has 2 atom stereocenters. The van der Waals surface area contributed by atoms with Crippen LogP contribution in [0.2, 0.25) is 0 Å². The van der Waals surface area contributed by atoms with Gasteiger partial charge in [0.15, 0.2) is 0 Å². The van der Waals surface area contributed by atoms with E-state index in [-0.39, 0.29) is 11.8 Å². The smallest absolute Gasteiger partial charge is 0.242 e. The predicted octanol–water partition coefficient (Wildman–Crippen LogP) is 4.36. The zero-order chi connectivity index (χ0) is 24.8. The van der Waals surface area contributed by atoms with Gasteiger partial charge in [0.2, 0.25) is 11.8 Å². The standard InChI is InChI=1S/C28H41N3O3/c1-4-5-6-10-17-30-28(33)26(31-27(32)25(29)18-21(2)3)19-22-13-15-24(16-14-22)34-20-23-11-8-7-9-12-23/h7-9,11-16,21,25-26H,4-6,10,17-20,29H2,1-3H3,(H,30,33)(H,31,32). The highest BCUT2D eigenvalue weighted by molar-refractivity contribution is 5.89. The first kappa shape index (κ1) is 27.4. The molecule has 0 aromatic heterocycles. The maximum Gasteiger partial charge on any atom is 0.242 e. The third kappa shape index (κ3) is 10.4. The summed E-state index contributed by atoms with van der Waals surface area (Å²) in [6, 6.07) is 16.3. The van der Waals surface area contributed by atoms with Crippen LogP contribution >= 0.6 is 0 Å². The van der Waals surface area contributed by atoms with E-state index in [4.69, 9.17) is 10.5 Å². The van der Waals surface area contributed by atoms with Gasteiger partial charge in [0.05, 0.1) is 6.04 Å². The molecule has 2 unspecified atom stereocenters. The van der Waals surface area contributed by atoms with Crippen molar-refractivity contribution in [2.24, 2.45) is 11.7 Å². The van der Waals surface area contributed by atoms with Gasteiger partial charge in [-0.15, -0.1) is 0 Å². The highest BCUT2D eigenvalue weighted by Gasteiger charge is 2.24. The lowest BCUT2D eigenvalue weighted by Gasteiger charge is -2.22. The Bertz CT molecular complexity index is 853. The van der Waals surface area contributed by atoms with Crippen LogP contribution in [-0.2, 0) is 22.6 Å². The molecule has 0 heterocycles. The summed E-state index contributed by atoms with van der Waals surface area (Å²) >= 11 is 0. The molecular formula is C28H41N3O3. The summed E-state index contributed by atoms with van der Waals surface area (Å²) < 4.78 is 5.85. The molecule has 0 saturated carbocycles. The summed E-state index contributed by atoms with van der Waals surface area (Å²) in [6.45, 7) is 7.30. The van der Waals surface area contributed by atoms with Crippen molar-refractivity contribution in [1.29, 1.82) is 0 Å². The first-order chi connectivity index (χ1) is 16.4. The molecule has 2 aromatic rings. The van der Waals surface area contributed by atoms with E-state index in [0.717, 1.165) is 42.6 Å². The van der Waals surface area contributed by atoms with E-state index in [2.05, 4.69) is 17.6 Å². The highest BCUT2D eigenvalue weighted by Crippen LogP contribution is 2.16. The van der Waals surface area contributed by atoms with E-state index in [1.807, 2.05) is 68.4 Å².